The summed E-state index contributed by atoms with van der Waals surface area (Å²) in [5.41, 5.74) is 0. The van der Waals surface area contributed by atoms with Gasteiger partial charge in [-0.15, -0.1) is 0 Å². The van der Waals surface area contributed by atoms with Crippen molar-refractivity contribution >= 4 is 11.6 Å². The van der Waals surface area contributed by atoms with Crippen molar-refractivity contribution in [1.82, 2.24) is 19.5 Å². The van der Waals surface area contributed by atoms with Crippen LogP contribution in [0.3, 0.4) is 0 Å². The first-order valence-electron chi connectivity index (χ1n) is 5.98. The van der Waals surface area contributed by atoms with E-state index < -0.39 is 0 Å². The zero-order valence-electron chi connectivity index (χ0n) is 10.9. The topological polar surface area (TPSA) is 67.7 Å². The van der Waals surface area contributed by atoms with Crippen LogP contribution in [0.25, 0.3) is 0 Å². The summed E-state index contributed by atoms with van der Waals surface area (Å²) in [6.45, 7) is 2.68. The van der Waals surface area contributed by atoms with Crippen LogP contribution in [-0.2, 0) is 20.0 Å². The second-order valence-corrected chi connectivity index (χ2v) is 3.97. The predicted molar refractivity (Wildman–Crippen MR) is 71.5 cm³/mol. The first-order valence-corrected chi connectivity index (χ1v) is 5.98. The zero-order chi connectivity index (χ0) is 13.0. The standard InChI is InChI=1S/C12H18N6/c1-4-9-16-10(13-2)7-11(17-9)15-8-12-14-5-6-18(12)3/h5-7H,4,8H2,1-3H3,(H2,13,15,16,17). The fourth-order valence-electron chi connectivity index (χ4n) is 1.61. The zero-order valence-corrected chi connectivity index (χ0v) is 10.9. The van der Waals surface area contributed by atoms with Crippen LogP contribution in [0, 0.1) is 0 Å². The quantitative estimate of drug-likeness (QED) is 0.835. The van der Waals surface area contributed by atoms with Crippen LogP contribution in [0.1, 0.15) is 18.6 Å². The fraction of sp³-hybridized carbons (Fsp3) is 0.417. The van der Waals surface area contributed by atoms with Crippen molar-refractivity contribution in [3.8, 4) is 0 Å². The number of rotatable bonds is 5. The second-order valence-electron chi connectivity index (χ2n) is 3.97. The van der Waals surface area contributed by atoms with Crippen LogP contribution in [0.5, 0.6) is 0 Å². The molecule has 0 aliphatic rings. The molecule has 6 nitrogen and oxygen atoms in total. The molecule has 0 fully saturated rings. The van der Waals surface area contributed by atoms with E-state index in [1.807, 2.05) is 37.8 Å². The van der Waals surface area contributed by atoms with Crippen molar-refractivity contribution in [3.05, 3.63) is 30.1 Å². The van der Waals surface area contributed by atoms with Gasteiger partial charge >= 0.3 is 0 Å². The lowest BCUT2D eigenvalue weighted by atomic mass is 10.4. The van der Waals surface area contributed by atoms with Gasteiger partial charge in [-0.2, -0.15) is 0 Å². The number of aryl methyl sites for hydroxylation is 2. The molecule has 0 aliphatic carbocycles. The molecule has 2 aromatic heterocycles. The molecule has 18 heavy (non-hydrogen) atoms. The van der Waals surface area contributed by atoms with E-state index in [-0.39, 0.29) is 0 Å². The van der Waals surface area contributed by atoms with E-state index in [2.05, 4.69) is 25.6 Å². The van der Waals surface area contributed by atoms with Crippen LogP contribution in [0.2, 0.25) is 0 Å². The summed E-state index contributed by atoms with van der Waals surface area (Å²) in [5.74, 6) is 3.43. The molecular formula is C12H18N6. The van der Waals surface area contributed by atoms with Crippen molar-refractivity contribution in [2.24, 2.45) is 7.05 Å². The maximum absolute atomic E-state index is 4.43. The van der Waals surface area contributed by atoms with Crippen LogP contribution in [0.15, 0.2) is 18.5 Å². The molecular weight excluding hydrogens is 228 g/mol. The van der Waals surface area contributed by atoms with Crippen molar-refractivity contribution in [2.45, 2.75) is 19.9 Å². The van der Waals surface area contributed by atoms with E-state index in [0.29, 0.717) is 6.54 Å². The number of hydrogen-bond donors (Lipinski definition) is 2. The Kier molecular flexibility index (Phi) is 3.76. The summed E-state index contributed by atoms with van der Waals surface area (Å²) in [6, 6.07) is 1.89. The molecule has 0 amide bonds. The first-order chi connectivity index (χ1) is 8.72. The largest absolute Gasteiger partial charge is 0.373 e. The number of aromatic nitrogens is 4. The lowest BCUT2D eigenvalue weighted by molar-refractivity contribution is 0.808. The van der Waals surface area contributed by atoms with Crippen LogP contribution >= 0.6 is 0 Å². The van der Waals surface area contributed by atoms with Crippen LogP contribution < -0.4 is 10.6 Å². The Morgan fingerprint density at radius 3 is 2.67 bits per heavy atom. The van der Waals surface area contributed by atoms with Gasteiger partial charge < -0.3 is 15.2 Å². The Morgan fingerprint density at radius 1 is 1.28 bits per heavy atom. The molecule has 6 heteroatoms. The van der Waals surface area contributed by atoms with Gasteiger partial charge in [-0.05, 0) is 0 Å². The molecule has 0 radical (unpaired) electrons. The van der Waals surface area contributed by atoms with Gasteiger partial charge in [0.05, 0.1) is 6.54 Å². The van der Waals surface area contributed by atoms with E-state index >= 15 is 0 Å². The van der Waals surface area contributed by atoms with Crippen LogP contribution in [0.4, 0.5) is 11.6 Å². The maximum atomic E-state index is 4.43. The third-order valence-electron chi connectivity index (χ3n) is 2.69. The lowest BCUT2D eigenvalue weighted by Gasteiger charge is -2.09. The summed E-state index contributed by atoms with van der Waals surface area (Å²) < 4.78 is 1.98. The molecule has 0 saturated heterocycles. The summed E-state index contributed by atoms with van der Waals surface area (Å²) >= 11 is 0. The monoisotopic (exact) mass is 246 g/mol. The highest BCUT2D eigenvalue weighted by molar-refractivity contribution is 5.47. The number of nitrogens with zero attached hydrogens (tertiary/aromatic N) is 4. The molecule has 0 aliphatic heterocycles. The van der Waals surface area contributed by atoms with E-state index in [1.54, 1.807) is 6.20 Å². The summed E-state index contributed by atoms with van der Waals surface area (Å²) in [6.07, 6.45) is 4.52. The number of hydrogen-bond acceptors (Lipinski definition) is 5. The number of imidazole rings is 1. The van der Waals surface area contributed by atoms with Gasteiger partial charge in [0.15, 0.2) is 0 Å². The first kappa shape index (κ1) is 12.3. The highest BCUT2D eigenvalue weighted by atomic mass is 15.1. The molecule has 2 aromatic rings. The van der Waals surface area contributed by atoms with Gasteiger partial charge in [-0.3, -0.25) is 0 Å². The average molecular weight is 246 g/mol. The Hall–Kier alpha value is -2.11. The maximum Gasteiger partial charge on any atom is 0.132 e. The Balaban J connectivity index is 2.11. The van der Waals surface area contributed by atoms with Crippen molar-refractivity contribution < 1.29 is 0 Å². The van der Waals surface area contributed by atoms with Gasteiger partial charge in [0.25, 0.3) is 0 Å². The Labute approximate surface area is 106 Å². The third-order valence-corrected chi connectivity index (χ3v) is 2.69. The molecule has 96 valence electrons. The predicted octanol–water partition coefficient (Wildman–Crippen LogP) is 1.43. The van der Waals surface area contributed by atoms with E-state index in [4.69, 9.17) is 0 Å². The van der Waals surface area contributed by atoms with Gasteiger partial charge in [0.1, 0.15) is 23.3 Å². The highest BCUT2D eigenvalue weighted by Gasteiger charge is 2.04. The lowest BCUT2D eigenvalue weighted by Crippen LogP contribution is -2.09. The molecule has 0 spiro atoms. The van der Waals surface area contributed by atoms with Crippen molar-refractivity contribution in [1.29, 1.82) is 0 Å². The minimum Gasteiger partial charge on any atom is -0.373 e. The van der Waals surface area contributed by atoms with Gasteiger partial charge in [0, 0.05) is 39.0 Å². The smallest absolute Gasteiger partial charge is 0.132 e. The fourth-order valence-corrected chi connectivity index (χ4v) is 1.61. The number of nitrogens with one attached hydrogen (secondary N) is 2. The molecule has 0 aromatic carbocycles. The van der Waals surface area contributed by atoms with Gasteiger partial charge in [0.2, 0.25) is 0 Å². The van der Waals surface area contributed by atoms with E-state index in [9.17, 15) is 0 Å². The molecule has 2 rings (SSSR count). The van der Waals surface area contributed by atoms with Crippen LogP contribution in [-0.4, -0.2) is 26.6 Å². The molecule has 2 heterocycles. The van der Waals surface area contributed by atoms with Crippen molar-refractivity contribution in [3.63, 3.8) is 0 Å². The summed E-state index contributed by atoms with van der Waals surface area (Å²) in [4.78, 5) is 13.0. The summed E-state index contributed by atoms with van der Waals surface area (Å²) in [7, 11) is 3.82. The summed E-state index contributed by atoms with van der Waals surface area (Å²) in [5, 5.41) is 6.30. The molecule has 0 saturated carbocycles. The molecule has 0 bridgehead atoms. The average Bonchev–Trinajstić information content (AvgIpc) is 2.81. The molecule has 2 N–H and O–H groups in total. The SMILES string of the molecule is CCc1nc(NC)cc(NCc2nccn2C)n1. The molecule has 0 unspecified atom stereocenters. The number of anilines is 2. The Morgan fingerprint density at radius 2 is 2.06 bits per heavy atom. The van der Waals surface area contributed by atoms with E-state index in [1.165, 1.54) is 0 Å². The van der Waals surface area contributed by atoms with E-state index in [0.717, 1.165) is 29.7 Å². The van der Waals surface area contributed by atoms with Crippen molar-refractivity contribution in [2.75, 3.05) is 17.7 Å². The second kappa shape index (κ2) is 5.48. The third kappa shape index (κ3) is 2.77. The molecule has 0 atom stereocenters. The minimum absolute atomic E-state index is 0.646. The normalized spacial score (nSPS) is 10.4. The minimum atomic E-state index is 0.646. The highest BCUT2D eigenvalue weighted by Crippen LogP contribution is 2.12. The van der Waals surface area contributed by atoms with Gasteiger partial charge in [-0.1, -0.05) is 6.92 Å². The Bertz CT molecular complexity index is 497. The van der Waals surface area contributed by atoms with Gasteiger partial charge in [-0.25, -0.2) is 15.0 Å².